The Balaban J connectivity index is 2.17. The SMILES string of the molecule is COC(=O)CNC(=O)c1nc(Cl)c2ccccc2c1-c1ccccc1. The molecule has 0 saturated carbocycles. The van der Waals surface area contributed by atoms with Crippen molar-refractivity contribution in [3.05, 3.63) is 65.4 Å². The quantitative estimate of drug-likeness (QED) is 0.575. The van der Waals surface area contributed by atoms with Crippen LogP contribution < -0.4 is 5.32 Å². The Morgan fingerprint density at radius 1 is 1.04 bits per heavy atom. The van der Waals surface area contributed by atoms with Gasteiger partial charge in [-0.15, -0.1) is 0 Å². The topological polar surface area (TPSA) is 68.3 Å². The number of nitrogens with zero attached hydrogens (tertiary/aromatic N) is 1. The fraction of sp³-hybridized carbons (Fsp3) is 0.105. The molecule has 6 heteroatoms. The average molecular weight is 355 g/mol. The molecule has 0 saturated heterocycles. The molecule has 0 unspecified atom stereocenters. The lowest BCUT2D eigenvalue weighted by Gasteiger charge is -2.13. The molecule has 3 aromatic rings. The number of aromatic nitrogens is 1. The predicted molar refractivity (Wildman–Crippen MR) is 96.5 cm³/mol. The highest BCUT2D eigenvalue weighted by Gasteiger charge is 2.20. The molecular formula is C19H15ClN2O3. The molecule has 0 aliphatic heterocycles. The molecule has 0 fully saturated rings. The number of halogens is 1. The molecule has 0 aliphatic rings. The summed E-state index contributed by atoms with van der Waals surface area (Å²) in [7, 11) is 1.26. The van der Waals surface area contributed by atoms with E-state index in [0.717, 1.165) is 16.3 Å². The van der Waals surface area contributed by atoms with E-state index in [1.54, 1.807) is 0 Å². The number of esters is 1. The molecule has 0 spiro atoms. The molecule has 25 heavy (non-hydrogen) atoms. The highest BCUT2D eigenvalue weighted by molar-refractivity contribution is 6.35. The van der Waals surface area contributed by atoms with E-state index >= 15 is 0 Å². The van der Waals surface area contributed by atoms with Gasteiger partial charge in [0.05, 0.1) is 7.11 Å². The van der Waals surface area contributed by atoms with Crippen molar-refractivity contribution in [3.8, 4) is 11.1 Å². The van der Waals surface area contributed by atoms with Gasteiger partial charge in [-0.25, -0.2) is 4.98 Å². The highest BCUT2D eigenvalue weighted by atomic mass is 35.5. The maximum absolute atomic E-state index is 12.6. The van der Waals surface area contributed by atoms with Gasteiger partial charge in [0.25, 0.3) is 5.91 Å². The van der Waals surface area contributed by atoms with Crippen LogP contribution in [-0.2, 0) is 9.53 Å². The van der Waals surface area contributed by atoms with Crippen LogP contribution in [0, 0.1) is 0 Å². The van der Waals surface area contributed by atoms with E-state index in [-0.39, 0.29) is 17.4 Å². The van der Waals surface area contributed by atoms with Crippen LogP contribution in [0.3, 0.4) is 0 Å². The summed E-state index contributed by atoms with van der Waals surface area (Å²) in [4.78, 5) is 28.2. The van der Waals surface area contributed by atoms with Crippen molar-refractivity contribution in [2.45, 2.75) is 0 Å². The lowest BCUT2D eigenvalue weighted by atomic mass is 9.97. The van der Waals surface area contributed by atoms with E-state index in [4.69, 9.17) is 11.6 Å². The molecule has 126 valence electrons. The summed E-state index contributed by atoms with van der Waals surface area (Å²) in [6.07, 6.45) is 0. The number of amides is 1. The standard InChI is InChI=1S/C19H15ClN2O3/c1-25-15(23)11-21-19(24)17-16(12-7-3-2-4-8-12)13-9-5-6-10-14(13)18(20)22-17/h2-10H,11H2,1H3,(H,21,24). The number of pyridine rings is 1. The van der Waals surface area contributed by atoms with Crippen LogP contribution >= 0.6 is 11.6 Å². The van der Waals surface area contributed by atoms with Crippen LogP contribution in [0.15, 0.2) is 54.6 Å². The van der Waals surface area contributed by atoms with Crippen LogP contribution in [0.25, 0.3) is 21.9 Å². The fourth-order valence-electron chi connectivity index (χ4n) is 2.59. The van der Waals surface area contributed by atoms with Gasteiger partial charge in [0.15, 0.2) is 0 Å². The minimum Gasteiger partial charge on any atom is -0.468 e. The van der Waals surface area contributed by atoms with Crippen molar-refractivity contribution in [2.24, 2.45) is 0 Å². The molecule has 2 aromatic carbocycles. The Morgan fingerprint density at radius 2 is 1.68 bits per heavy atom. The largest absolute Gasteiger partial charge is 0.468 e. The fourth-order valence-corrected chi connectivity index (χ4v) is 2.84. The first-order valence-electron chi connectivity index (χ1n) is 7.60. The Kier molecular flexibility index (Phi) is 4.95. The zero-order valence-corrected chi connectivity index (χ0v) is 14.2. The monoisotopic (exact) mass is 354 g/mol. The molecule has 1 aromatic heterocycles. The Labute approximate surface area is 149 Å². The molecule has 0 radical (unpaired) electrons. The predicted octanol–water partition coefficient (Wildman–Crippen LogP) is 3.46. The second kappa shape index (κ2) is 7.32. The highest BCUT2D eigenvalue weighted by Crippen LogP contribution is 2.34. The Hall–Kier alpha value is -2.92. The summed E-state index contributed by atoms with van der Waals surface area (Å²) in [5, 5.41) is 4.33. The van der Waals surface area contributed by atoms with Crippen molar-refractivity contribution in [1.29, 1.82) is 0 Å². The zero-order valence-electron chi connectivity index (χ0n) is 13.5. The molecule has 1 amide bonds. The number of carbonyl (C=O) groups excluding carboxylic acids is 2. The van der Waals surface area contributed by atoms with Crippen LogP contribution in [-0.4, -0.2) is 30.5 Å². The van der Waals surface area contributed by atoms with Crippen LogP contribution in [0.2, 0.25) is 5.15 Å². The molecule has 0 bridgehead atoms. The Morgan fingerprint density at radius 3 is 2.36 bits per heavy atom. The van der Waals surface area contributed by atoms with Gasteiger partial charge in [-0.3, -0.25) is 9.59 Å². The van der Waals surface area contributed by atoms with Gasteiger partial charge in [-0.1, -0.05) is 66.2 Å². The minimum absolute atomic E-state index is 0.166. The molecule has 0 atom stereocenters. The van der Waals surface area contributed by atoms with E-state index < -0.39 is 11.9 Å². The summed E-state index contributed by atoms with van der Waals surface area (Å²) in [6.45, 7) is -0.240. The summed E-state index contributed by atoms with van der Waals surface area (Å²) in [5.74, 6) is -1.03. The van der Waals surface area contributed by atoms with E-state index in [0.29, 0.717) is 5.56 Å². The normalized spacial score (nSPS) is 10.5. The number of benzene rings is 2. The number of nitrogens with one attached hydrogen (secondary N) is 1. The number of ether oxygens (including phenoxy) is 1. The number of carbonyl (C=O) groups is 2. The van der Waals surface area contributed by atoms with Crippen LogP contribution in [0.4, 0.5) is 0 Å². The number of hydrogen-bond acceptors (Lipinski definition) is 4. The van der Waals surface area contributed by atoms with Gasteiger partial charge >= 0.3 is 5.97 Å². The summed E-state index contributed by atoms with van der Waals surface area (Å²) >= 11 is 6.27. The first kappa shape index (κ1) is 16.9. The lowest BCUT2D eigenvalue weighted by Crippen LogP contribution is -2.31. The third-order valence-corrected chi connectivity index (χ3v) is 4.05. The van der Waals surface area contributed by atoms with Gasteiger partial charge in [0, 0.05) is 10.9 Å². The zero-order chi connectivity index (χ0) is 17.8. The number of methoxy groups -OCH3 is 1. The van der Waals surface area contributed by atoms with Gasteiger partial charge in [0.2, 0.25) is 0 Å². The van der Waals surface area contributed by atoms with Crippen molar-refractivity contribution in [1.82, 2.24) is 10.3 Å². The second-order valence-corrected chi connectivity index (χ2v) is 5.65. The second-order valence-electron chi connectivity index (χ2n) is 5.30. The average Bonchev–Trinajstić information content (AvgIpc) is 2.66. The summed E-state index contributed by atoms with van der Waals surface area (Å²) < 4.78 is 4.55. The lowest BCUT2D eigenvalue weighted by molar-refractivity contribution is -0.139. The smallest absolute Gasteiger partial charge is 0.325 e. The Bertz CT molecular complexity index is 942. The van der Waals surface area contributed by atoms with Crippen LogP contribution in [0.5, 0.6) is 0 Å². The summed E-state index contributed by atoms with van der Waals surface area (Å²) in [5.41, 5.74) is 1.67. The molecule has 1 heterocycles. The first-order valence-corrected chi connectivity index (χ1v) is 7.98. The van der Waals surface area contributed by atoms with E-state index in [1.807, 2.05) is 54.6 Å². The molecule has 3 rings (SSSR count). The third-order valence-electron chi connectivity index (χ3n) is 3.76. The molecular weight excluding hydrogens is 340 g/mol. The first-order chi connectivity index (χ1) is 12.1. The molecule has 5 nitrogen and oxygen atoms in total. The molecule has 1 N–H and O–H groups in total. The maximum atomic E-state index is 12.6. The van der Waals surface area contributed by atoms with E-state index in [2.05, 4.69) is 15.0 Å². The van der Waals surface area contributed by atoms with Crippen molar-refractivity contribution in [3.63, 3.8) is 0 Å². The third kappa shape index (κ3) is 3.46. The summed E-state index contributed by atoms with van der Waals surface area (Å²) in [6, 6.07) is 16.9. The van der Waals surface area contributed by atoms with Crippen molar-refractivity contribution >= 4 is 34.2 Å². The number of fused-ring (bicyclic) bond motifs is 1. The van der Waals surface area contributed by atoms with E-state index in [9.17, 15) is 9.59 Å². The minimum atomic E-state index is -0.540. The van der Waals surface area contributed by atoms with Crippen molar-refractivity contribution in [2.75, 3.05) is 13.7 Å². The van der Waals surface area contributed by atoms with Crippen molar-refractivity contribution < 1.29 is 14.3 Å². The van der Waals surface area contributed by atoms with Crippen LogP contribution in [0.1, 0.15) is 10.5 Å². The molecule has 0 aliphatic carbocycles. The maximum Gasteiger partial charge on any atom is 0.325 e. The number of rotatable bonds is 4. The number of hydrogen-bond donors (Lipinski definition) is 1. The van der Waals surface area contributed by atoms with Gasteiger partial charge < -0.3 is 10.1 Å². The van der Waals surface area contributed by atoms with E-state index in [1.165, 1.54) is 7.11 Å². The van der Waals surface area contributed by atoms with Gasteiger partial charge in [-0.2, -0.15) is 0 Å². The van der Waals surface area contributed by atoms with Gasteiger partial charge in [-0.05, 0) is 10.9 Å². The van der Waals surface area contributed by atoms with Gasteiger partial charge in [0.1, 0.15) is 17.4 Å².